The van der Waals surface area contributed by atoms with Gasteiger partial charge in [0.25, 0.3) is 0 Å². The molecular formula is C22H24ClN5O2S. The van der Waals surface area contributed by atoms with Crippen LogP contribution in [0.2, 0.25) is 5.02 Å². The minimum atomic E-state index is -0.477. The van der Waals surface area contributed by atoms with E-state index in [1.807, 2.05) is 54.1 Å². The molecule has 0 saturated heterocycles. The molecule has 0 fully saturated rings. The molecule has 31 heavy (non-hydrogen) atoms. The van der Waals surface area contributed by atoms with Gasteiger partial charge < -0.3 is 15.5 Å². The Kier molecular flexibility index (Phi) is 6.38. The summed E-state index contributed by atoms with van der Waals surface area (Å²) in [6.07, 6.45) is 1.73. The third-order valence-electron chi connectivity index (χ3n) is 5.17. The normalized spacial score (nSPS) is 17.5. The fraction of sp³-hybridized carbons (Fsp3) is 0.318. The highest BCUT2D eigenvalue weighted by molar-refractivity contribution is 8.00. The predicted molar refractivity (Wildman–Crippen MR) is 124 cm³/mol. The summed E-state index contributed by atoms with van der Waals surface area (Å²) in [6.45, 7) is 4.06. The van der Waals surface area contributed by atoms with Gasteiger partial charge in [-0.2, -0.15) is 0 Å². The minimum absolute atomic E-state index is 0.116. The SMILES string of the molecule is CCCc1nnc2n1N[C@H](c1ccc(OC)c(Cl)c1)[C@H](C(=O)Nc1ccccc1C)S2. The number of fused-ring (bicyclic) bond motifs is 1. The molecule has 0 spiro atoms. The summed E-state index contributed by atoms with van der Waals surface area (Å²) in [7, 11) is 1.58. The maximum absolute atomic E-state index is 13.4. The van der Waals surface area contributed by atoms with Gasteiger partial charge in [-0.25, -0.2) is 4.68 Å². The number of hydrogen-bond acceptors (Lipinski definition) is 6. The number of aromatic nitrogens is 3. The first-order chi connectivity index (χ1) is 15.0. The number of nitrogens with one attached hydrogen (secondary N) is 2. The summed E-state index contributed by atoms with van der Waals surface area (Å²) in [5, 5.41) is 12.3. The van der Waals surface area contributed by atoms with Crippen molar-refractivity contribution < 1.29 is 9.53 Å². The van der Waals surface area contributed by atoms with E-state index in [0.29, 0.717) is 15.9 Å². The van der Waals surface area contributed by atoms with Gasteiger partial charge in [-0.3, -0.25) is 4.79 Å². The Morgan fingerprint density at radius 3 is 2.81 bits per heavy atom. The molecular weight excluding hydrogens is 434 g/mol. The van der Waals surface area contributed by atoms with E-state index in [4.69, 9.17) is 16.3 Å². The van der Waals surface area contributed by atoms with Crippen LogP contribution in [0.4, 0.5) is 5.69 Å². The van der Waals surface area contributed by atoms with E-state index in [1.165, 1.54) is 11.8 Å². The molecule has 2 atom stereocenters. The van der Waals surface area contributed by atoms with Crippen molar-refractivity contribution in [2.75, 3.05) is 17.9 Å². The number of carbonyl (C=O) groups excluding carboxylic acids is 1. The summed E-state index contributed by atoms with van der Waals surface area (Å²) in [5.74, 6) is 1.31. The van der Waals surface area contributed by atoms with Crippen LogP contribution in [-0.4, -0.2) is 33.1 Å². The summed E-state index contributed by atoms with van der Waals surface area (Å²) in [5.41, 5.74) is 6.12. The molecule has 2 heterocycles. The van der Waals surface area contributed by atoms with Gasteiger partial charge in [0.1, 0.15) is 11.0 Å². The topological polar surface area (TPSA) is 81.1 Å². The van der Waals surface area contributed by atoms with Crippen molar-refractivity contribution >= 4 is 35.0 Å². The zero-order valence-electron chi connectivity index (χ0n) is 17.6. The number of hydrogen-bond donors (Lipinski definition) is 2. The first kappa shape index (κ1) is 21.5. The molecule has 9 heteroatoms. The fourth-order valence-corrected chi connectivity index (χ4v) is 4.89. The summed E-state index contributed by atoms with van der Waals surface area (Å²) in [6, 6.07) is 13.0. The highest BCUT2D eigenvalue weighted by Gasteiger charge is 2.38. The van der Waals surface area contributed by atoms with Gasteiger partial charge in [0, 0.05) is 12.1 Å². The molecule has 1 aliphatic rings. The second-order valence-electron chi connectivity index (χ2n) is 7.33. The molecule has 0 saturated carbocycles. The van der Waals surface area contributed by atoms with E-state index in [-0.39, 0.29) is 11.9 Å². The Bertz CT molecular complexity index is 1100. The number of aryl methyl sites for hydroxylation is 2. The average molecular weight is 458 g/mol. The van der Waals surface area contributed by atoms with E-state index in [2.05, 4.69) is 27.9 Å². The van der Waals surface area contributed by atoms with Crippen molar-refractivity contribution in [2.45, 2.75) is 43.1 Å². The molecule has 3 aromatic rings. The second-order valence-corrected chi connectivity index (χ2v) is 8.84. The van der Waals surface area contributed by atoms with Gasteiger partial charge >= 0.3 is 0 Å². The summed E-state index contributed by atoms with van der Waals surface area (Å²) < 4.78 is 7.17. The molecule has 0 bridgehead atoms. The van der Waals surface area contributed by atoms with Crippen LogP contribution in [0.25, 0.3) is 0 Å². The number of benzene rings is 2. The van der Waals surface area contributed by atoms with Crippen molar-refractivity contribution in [1.82, 2.24) is 14.9 Å². The van der Waals surface area contributed by atoms with E-state index in [0.717, 1.165) is 35.5 Å². The van der Waals surface area contributed by atoms with Crippen LogP contribution in [-0.2, 0) is 11.2 Å². The molecule has 0 aliphatic carbocycles. The van der Waals surface area contributed by atoms with Gasteiger partial charge in [0.15, 0.2) is 5.82 Å². The Balaban J connectivity index is 1.70. The quantitative estimate of drug-likeness (QED) is 0.563. The lowest BCUT2D eigenvalue weighted by Gasteiger charge is -2.33. The highest BCUT2D eigenvalue weighted by Crippen LogP contribution is 2.39. The number of ether oxygens (including phenoxy) is 1. The summed E-state index contributed by atoms with van der Waals surface area (Å²) in [4.78, 5) is 13.4. The van der Waals surface area contributed by atoms with Gasteiger partial charge in [-0.15, -0.1) is 10.2 Å². The Morgan fingerprint density at radius 1 is 1.29 bits per heavy atom. The van der Waals surface area contributed by atoms with Crippen molar-refractivity contribution in [3.63, 3.8) is 0 Å². The summed E-state index contributed by atoms with van der Waals surface area (Å²) >= 11 is 7.79. The second kappa shape index (κ2) is 9.20. The first-order valence-electron chi connectivity index (χ1n) is 10.1. The standard InChI is InChI=1S/C22H24ClN5O2S/c1-4-7-18-25-26-22-28(18)27-19(14-10-11-17(30-3)15(23)12-14)20(31-22)21(29)24-16-9-6-5-8-13(16)2/h5-6,8-12,19-20,27H,4,7H2,1-3H3,(H,24,29)/t19-,20-/m1/s1. The average Bonchev–Trinajstić information content (AvgIpc) is 3.16. The number of para-hydroxylation sites is 1. The Hall–Kier alpha value is -2.71. The zero-order chi connectivity index (χ0) is 22.0. The maximum atomic E-state index is 13.4. The lowest BCUT2D eigenvalue weighted by Crippen LogP contribution is -2.41. The molecule has 2 N–H and O–H groups in total. The number of anilines is 1. The smallest absolute Gasteiger partial charge is 0.240 e. The number of rotatable bonds is 6. The van der Waals surface area contributed by atoms with E-state index in [1.54, 1.807) is 7.11 Å². The number of methoxy groups -OCH3 is 1. The van der Waals surface area contributed by atoms with Crippen LogP contribution in [0.1, 0.15) is 36.3 Å². The number of amides is 1. The third kappa shape index (κ3) is 4.36. The third-order valence-corrected chi connectivity index (χ3v) is 6.68. The Morgan fingerprint density at radius 2 is 2.10 bits per heavy atom. The van der Waals surface area contributed by atoms with Gasteiger partial charge in [-0.05, 0) is 42.7 Å². The van der Waals surface area contributed by atoms with Crippen LogP contribution in [0.5, 0.6) is 5.75 Å². The first-order valence-corrected chi connectivity index (χ1v) is 11.3. The van der Waals surface area contributed by atoms with E-state index >= 15 is 0 Å². The van der Waals surface area contributed by atoms with E-state index < -0.39 is 5.25 Å². The highest BCUT2D eigenvalue weighted by atomic mass is 35.5. The van der Waals surface area contributed by atoms with Gasteiger partial charge in [0.2, 0.25) is 11.1 Å². The van der Waals surface area contributed by atoms with Crippen molar-refractivity contribution in [3.05, 3.63) is 64.4 Å². The predicted octanol–water partition coefficient (Wildman–Crippen LogP) is 4.60. The fourth-order valence-electron chi connectivity index (χ4n) is 3.53. The van der Waals surface area contributed by atoms with Gasteiger partial charge in [0.05, 0.1) is 18.2 Å². The molecule has 1 aliphatic heterocycles. The van der Waals surface area contributed by atoms with Crippen LogP contribution >= 0.6 is 23.4 Å². The molecule has 2 aromatic carbocycles. The van der Waals surface area contributed by atoms with Crippen molar-refractivity contribution in [2.24, 2.45) is 0 Å². The molecule has 162 valence electrons. The lowest BCUT2D eigenvalue weighted by atomic mass is 10.0. The Labute approximate surface area is 190 Å². The number of halogens is 1. The van der Waals surface area contributed by atoms with E-state index in [9.17, 15) is 4.79 Å². The number of thioether (sulfide) groups is 1. The number of carbonyl (C=O) groups is 1. The minimum Gasteiger partial charge on any atom is -0.495 e. The number of nitrogens with zero attached hydrogens (tertiary/aromatic N) is 3. The van der Waals surface area contributed by atoms with Crippen LogP contribution in [0, 0.1) is 6.92 Å². The van der Waals surface area contributed by atoms with Crippen LogP contribution < -0.4 is 15.5 Å². The van der Waals surface area contributed by atoms with Crippen molar-refractivity contribution in [1.29, 1.82) is 0 Å². The zero-order valence-corrected chi connectivity index (χ0v) is 19.1. The largest absolute Gasteiger partial charge is 0.495 e. The van der Waals surface area contributed by atoms with Crippen LogP contribution in [0.15, 0.2) is 47.6 Å². The van der Waals surface area contributed by atoms with Crippen molar-refractivity contribution in [3.8, 4) is 5.75 Å². The molecule has 0 unspecified atom stereocenters. The van der Waals surface area contributed by atoms with Gasteiger partial charge in [-0.1, -0.05) is 54.6 Å². The lowest BCUT2D eigenvalue weighted by molar-refractivity contribution is -0.116. The maximum Gasteiger partial charge on any atom is 0.240 e. The monoisotopic (exact) mass is 457 g/mol. The molecule has 4 rings (SSSR count). The molecule has 1 amide bonds. The molecule has 7 nitrogen and oxygen atoms in total. The molecule has 0 radical (unpaired) electrons. The van der Waals surface area contributed by atoms with Crippen LogP contribution in [0.3, 0.4) is 0 Å². The molecule has 1 aromatic heterocycles.